The number of aliphatic hydroxyl groups excluding tert-OH is 2. The fourth-order valence-electron chi connectivity index (χ4n) is 3.45. The standard InChI is InChI=1S/C18H19FO4S/c1-12-5-7-15(8-6-12)24(22,23)17-16(18(17,10-20)11-21)13-3-2-4-14(19)9-13/h2-9,16-17,20-21H,10-11H2,1H3/t16-,17+/m1/s1. The minimum absolute atomic E-state index is 0.142. The zero-order chi connectivity index (χ0) is 17.5. The lowest BCUT2D eigenvalue weighted by atomic mass is 10.0. The summed E-state index contributed by atoms with van der Waals surface area (Å²) >= 11 is 0. The molecule has 1 aliphatic rings. The average Bonchev–Trinajstić information content (AvgIpc) is 3.26. The Kier molecular flexibility index (Phi) is 4.23. The second kappa shape index (κ2) is 5.95. The van der Waals surface area contributed by atoms with Gasteiger partial charge in [-0.2, -0.15) is 0 Å². The molecule has 0 spiro atoms. The van der Waals surface area contributed by atoms with Crippen LogP contribution in [0.25, 0.3) is 0 Å². The number of hydrogen-bond donors (Lipinski definition) is 2. The molecule has 1 saturated carbocycles. The Morgan fingerprint density at radius 1 is 1.08 bits per heavy atom. The fourth-order valence-corrected chi connectivity index (χ4v) is 5.88. The third kappa shape index (κ3) is 2.55. The first-order chi connectivity index (χ1) is 11.4. The van der Waals surface area contributed by atoms with Gasteiger partial charge in [-0.3, -0.25) is 0 Å². The minimum Gasteiger partial charge on any atom is -0.396 e. The summed E-state index contributed by atoms with van der Waals surface area (Å²) < 4.78 is 39.5. The Labute approximate surface area is 140 Å². The van der Waals surface area contributed by atoms with Gasteiger partial charge < -0.3 is 10.2 Å². The van der Waals surface area contributed by atoms with Crippen LogP contribution in [0.1, 0.15) is 17.0 Å². The summed E-state index contributed by atoms with van der Waals surface area (Å²) in [5, 5.41) is 18.5. The molecule has 0 radical (unpaired) electrons. The normalized spacial score (nSPS) is 22.3. The molecule has 4 nitrogen and oxygen atoms in total. The predicted molar refractivity (Wildman–Crippen MR) is 87.9 cm³/mol. The number of aliphatic hydroxyl groups is 2. The SMILES string of the molecule is Cc1ccc(S(=O)(=O)[C@H]2[C@@H](c3cccc(F)c3)C2(CO)CO)cc1. The van der Waals surface area contributed by atoms with Gasteiger partial charge in [0.05, 0.1) is 23.4 Å². The predicted octanol–water partition coefficient (Wildman–Crippen LogP) is 2.04. The lowest BCUT2D eigenvalue weighted by Crippen LogP contribution is -2.23. The number of halogens is 1. The molecule has 1 fully saturated rings. The van der Waals surface area contributed by atoms with Crippen molar-refractivity contribution >= 4 is 9.84 Å². The highest BCUT2D eigenvalue weighted by Crippen LogP contribution is 2.63. The number of aryl methyl sites for hydroxylation is 1. The van der Waals surface area contributed by atoms with Gasteiger partial charge in [-0.1, -0.05) is 29.8 Å². The molecule has 2 N–H and O–H groups in total. The van der Waals surface area contributed by atoms with E-state index in [1.165, 1.54) is 30.3 Å². The molecule has 6 heteroatoms. The summed E-state index contributed by atoms with van der Waals surface area (Å²) in [6, 6.07) is 12.1. The lowest BCUT2D eigenvalue weighted by molar-refractivity contribution is 0.130. The molecular weight excluding hydrogens is 331 g/mol. The van der Waals surface area contributed by atoms with Gasteiger partial charge in [-0.25, -0.2) is 12.8 Å². The van der Waals surface area contributed by atoms with Crippen molar-refractivity contribution in [3.05, 3.63) is 65.5 Å². The fraction of sp³-hybridized carbons (Fsp3) is 0.333. The van der Waals surface area contributed by atoms with Crippen LogP contribution in [0.15, 0.2) is 53.4 Å². The van der Waals surface area contributed by atoms with Crippen LogP contribution in [0.4, 0.5) is 4.39 Å². The van der Waals surface area contributed by atoms with Crippen molar-refractivity contribution in [3.63, 3.8) is 0 Å². The van der Waals surface area contributed by atoms with Crippen molar-refractivity contribution in [1.29, 1.82) is 0 Å². The van der Waals surface area contributed by atoms with Gasteiger partial charge in [-0.05, 0) is 36.8 Å². The van der Waals surface area contributed by atoms with E-state index >= 15 is 0 Å². The largest absolute Gasteiger partial charge is 0.396 e. The van der Waals surface area contributed by atoms with Crippen LogP contribution in [0, 0.1) is 18.2 Å². The topological polar surface area (TPSA) is 74.6 Å². The first-order valence-electron chi connectivity index (χ1n) is 7.64. The van der Waals surface area contributed by atoms with Crippen LogP contribution in [0.3, 0.4) is 0 Å². The zero-order valence-corrected chi connectivity index (χ0v) is 14.0. The van der Waals surface area contributed by atoms with Crippen LogP contribution < -0.4 is 0 Å². The monoisotopic (exact) mass is 350 g/mol. The lowest BCUT2D eigenvalue weighted by Gasteiger charge is -2.11. The van der Waals surface area contributed by atoms with Crippen LogP contribution in [0.5, 0.6) is 0 Å². The molecular formula is C18H19FO4S. The molecule has 0 aromatic heterocycles. The second-order valence-corrected chi connectivity index (χ2v) is 8.43. The Balaban J connectivity index is 2.06. The van der Waals surface area contributed by atoms with E-state index in [-0.39, 0.29) is 4.90 Å². The number of sulfone groups is 1. The maximum absolute atomic E-state index is 13.5. The van der Waals surface area contributed by atoms with Crippen molar-refractivity contribution in [3.8, 4) is 0 Å². The summed E-state index contributed by atoms with van der Waals surface area (Å²) in [4.78, 5) is 0.142. The van der Waals surface area contributed by atoms with Crippen LogP contribution in [-0.2, 0) is 9.84 Å². The van der Waals surface area contributed by atoms with Crippen molar-refractivity contribution in [2.24, 2.45) is 5.41 Å². The molecule has 2 atom stereocenters. The molecule has 0 saturated heterocycles. The van der Waals surface area contributed by atoms with Gasteiger partial charge in [0.25, 0.3) is 0 Å². The number of rotatable bonds is 5. The number of benzene rings is 2. The van der Waals surface area contributed by atoms with Gasteiger partial charge >= 0.3 is 0 Å². The van der Waals surface area contributed by atoms with Crippen LogP contribution >= 0.6 is 0 Å². The summed E-state index contributed by atoms with van der Waals surface area (Å²) in [5.74, 6) is -1.12. The molecule has 2 aromatic rings. The maximum Gasteiger partial charge on any atom is 0.182 e. The van der Waals surface area contributed by atoms with E-state index in [1.54, 1.807) is 18.2 Å². The van der Waals surface area contributed by atoms with Gasteiger partial charge in [0, 0.05) is 11.3 Å². The Bertz CT molecular complexity index is 842. The van der Waals surface area contributed by atoms with Crippen molar-refractivity contribution in [2.45, 2.75) is 23.0 Å². The molecule has 0 bridgehead atoms. The van der Waals surface area contributed by atoms with E-state index in [9.17, 15) is 23.0 Å². The first kappa shape index (κ1) is 17.1. The van der Waals surface area contributed by atoms with Gasteiger partial charge in [0.15, 0.2) is 9.84 Å². The summed E-state index contributed by atoms with van der Waals surface area (Å²) in [5.41, 5.74) is 0.207. The average molecular weight is 350 g/mol. The van der Waals surface area contributed by atoms with E-state index in [1.807, 2.05) is 6.92 Å². The highest BCUT2D eigenvalue weighted by molar-refractivity contribution is 7.92. The molecule has 128 valence electrons. The van der Waals surface area contributed by atoms with Crippen molar-refractivity contribution < 1.29 is 23.0 Å². The molecule has 1 aliphatic carbocycles. The van der Waals surface area contributed by atoms with E-state index in [0.717, 1.165) is 5.56 Å². The highest BCUT2D eigenvalue weighted by atomic mass is 32.2. The molecule has 3 rings (SSSR count). The smallest absolute Gasteiger partial charge is 0.182 e. The number of hydrogen-bond acceptors (Lipinski definition) is 4. The molecule has 0 amide bonds. The molecule has 2 aromatic carbocycles. The summed E-state index contributed by atoms with van der Waals surface area (Å²) in [6.07, 6.45) is 0. The van der Waals surface area contributed by atoms with Gasteiger partial charge in [-0.15, -0.1) is 0 Å². The Hall–Kier alpha value is -1.76. The molecule has 0 heterocycles. The highest BCUT2D eigenvalue weighted by Gasteiger charge is 2.70. The molecule has 24 heavy (non-hydrogen) atoms. The van der Waals surface area contributed by atoms with E-state index < -0.39 is 45.5 Å². The maximum atomic E-state index is 13.5. The van der Waals surface area contributed by atoms with Crippen molar-refractivity contribution in [2.75, 3.05) is 13.2 Å². The van der Waals surface area contributed by atoms with E-state index in [4.69, 9.17) is 0 Å². The first-order valence-corrected chi connectivity index (χ1v) is 9.19. The van der Waals surface area contributed by atoms with E-state index in [0.29, 0.717) is 5.56 Å². The Morgan fingerprint density at radius 3 is 2.25 bits per heavy atom. The summed E-state index contributed by atoms with van der Waals surface area (Å²) in [7, 11) is -3.77. The van der Waals surface area contributed by atoms with Gasteiger partial charge in [0.2, 0.25) is 0 Å². The van der Waals surface area contributed by atoms with Crippen molar-refractivity contribution in [1.82, 2.24) is 0 Å². The third-order valence-corrected chi connectivity index (χ3v) is 7.20. The minimum atomic E-state index is -3.77. The quantitative estimate of drug-likeness (QED) is 0.865. The van der Waals surface area contributed by atoms with Crippen LogP contribution in [-0.4, -0.2) is 37.1 Å². The second-order valence-electron chi connectivity index (χ2n) is 6.36. The third-order valence-electron chi connectivity index (χ3n) is 4.86. The summed E-state index contributed by atoms with van der Waals surface area (Å²) in [6.45, 7) is 0.885. The van der Waals surface area contributed by atoms with E-state index in [2.05, 4.69) is 0 Å². The Morgan fingerprint density at radius 2 is 1.71 bits per heavy atom. The molecule has 0 unspecified atom stereocenters. The zero-order valence-electron chi connectivity index (χ0n) is 13.2. The van der Waals surface area contributed by atoms with Gasteiger partial charge in [0.1, 0.15) is 5.82 Å². The van der Waals surface area contributed by atoms with Crippen LogP contribution in [0.2, 0.25) is 0 Å². The molecule has 0 aliphatic heterocycles.